The van der Waals surface area contributed by atoms with E-state index in [-0.39, 0.29) is 0 Å². The summed E-state index contributed by atoms with van der Waals surface area (Å²) in [6, 6.07) is 3.90. The molecule has 0 amide bonds. The molecule has 2 rings (SSSR count). The summed E-state index contributed by atoms with van der Waals surface area (Å²) in [7, 11) is 0. The Balaban J connectivity index is 2.37. The third-order valence-corrected chi connectivity index (χ3v) is 2.22. The van der Waals surface area contributed by atoms with Crippen molar-refractivity contribution in [3.8, 4) is 11.3 Å². The highest BCUT2D eigenvalue weighted by atomic mass is 16.3. The highest BCUT2D eigenvalue weighted by molar-refractivity contribution is 5.59. The molecule has 0 spiro atoms. The van der Waals surface area contributed by atoms with Crippen molar-refractivity contribution in [1.29, 1.82) is 0 Å². The first-order valence-electron chi connectivity index (χ1n) is 4.86. The first kappa shape index (κ1) is 9.86. The fraction of sp³-hybridized carbons (Fsp3) is 0.273. The number of oxazole rings is 1. The largest absolute Gasteiger partial charge is 0.443 e. The molecule has 0 saturated heterocycles. The van der Waals surface area contributed by atoms with E-state index in [1.54, 1.807) is 6.20 Å². The van der Waals surface area contributed by atoms with Gasteiger partial charge in [0.2, 0.25) is 0 Å². The molecule has 4 nitrogen and oxygen atoms in total. The van der Waals surface area contributed by atoms with Gasteiger partial charge in [0.15, 0.2) is 12.2 Å². The van der Waals surface area contributed by atoms with Crippen molar-refractivity contribution >= 4 is 0 Å². The number of aryl methyl sites for hydroxylation is 1. The molecule has 0 bridgehead atoms. The number of nitrogens with two attached hydrogens (primary N) is 1. The molecule has 0 aliphatic carbocycles. The first-order valence-corrected chi connectivity index (χ1v) is 4.86. The van der Waals surface area contributed by atoms with Crippen LogP contribution in [0, 0.1) is 6.92 Å². The zero-order valence-electron chi connectivity index (χ0n) is 8.60. The van der Waals surface area contributed by atoms with Crippen LogP contribution in [0.5, 0.6) is 0 Å². The SMILES string of the molecule is Cc1ncoc1-c1ccnc(CCN)c1. The van der Waals surface area contributed by atoms with Crippen LogP contribution >= 0.6 is 0 Å². The topological polar surface area (TPSA) is 64.9 Å². The quantitative estimate of drug-likeness (QED) is 0.821. The summed E-state index contributed by atoms with van der Waals surface area (Å²) < 4.78 is 5.31. The van der Waals surface area contributed by atoms with Gasteiger partial charge in [-0.25, -0.2) is 4.98 Å². The van der Waals surface area contributed by atoms with Gasteiger partial charge in [-0.1, -0.05) is 0 Å². The lowest BCUT2D eigenvalue weighted by molar-refractivity contribution is 0.571. The van der Waals surface area contributed by atoms with Gasteiger partial charge in [-0.15, -0.1) is 0 Å². The fourth-order valence-electron chi connectivity index (χ4n) is 1.48. The van der Waals surface area contributed by atoms with Gasteiger partial charge < -0.3 is 10.2 Å². The molecule has 2 N–H and O–H groups in total. The second-order valence-corrected chi connectivity index (χ2v) is 3.34. The first-order chi connectivity index (χ1) is 7.31. The van der Waals surface area contributed by atoms with E-state index >= 15 is 0 Å². The number of rotatable bonds is 3. The van der Waals surface area contributed by atoms with Crippen LogP contribution in [0.25, 0.3) is 11.3 Å². The monoisotopic (exact) mass is 203 g/mol. The lowest BCUT2D eigenvalue weighted by atomic mass is 10.1. The predicted octanol–water partition coefficient (Wildman–Crippen LogP) is 1.55. The Morgan fingerprint density at radius 3 is 2.93 bits per heavy atom. The number of hydrogen-bond acceptors (Lipinski definition) is 4. The van der Waals surface area contributed by atoms with E-state index in [1.807, 2.05) is 19.1 Å². The van der Waals surface area contributed by atoms with Crippen molar-refractivity contribution in [1.82, 2.24) is 9.97 Å². The maximum absolute atomic E-state index is 5.48. The molecule has 78 valence electrons. The summed E-state index contributed by atoms with van der Waals surface area (Å²) in [5.41, 5.74) is 8.35. The third-order valence-electron chi connectivity index (χ3n) is 2.22. The van der Waals surface area contributed by atoms with Crippen molar-refractivity contribution in [3.05, 3.63) is 36.1 Å². The second kappa shape index (κ2) is 4.23. The molecule has 0 aliphatic rings. The third kappa shape index (κ3) is 2.05. The Morgan fingerprint density at radius 2 is 2.27 bits per heavy atom. The molecule has 0 radical (unpaired) electrons. The van der Waals surface area contributed by atoms with E-state index in [0.29, 0.717) is 6.54 Å². The van der Waals surface area contributed by atoms with Crippen LogP contribution in [0.3, 0.4) is 0 Å². The number of nitrogens with zero attached hydrogens (tertiary/aromatic N) is 2. The van der Waals surface area contributed by atoms with Crippen LogP contribution in [-0.4, -0.2) is 16.5 Å². The molecular formula is C11H13N3O. The normalized spacial score (nSPS) is 10.5. The van der Waals surface area contributed by atoms with Crippen LogP contribution in [0.15, 0.2) is 29.1 Å². The van der Waals surface area contributed by atoms with Gasteiger partial charge in [0.05, 0.1) is 5.69 Å². The Hall–Kier alpha value is -1.68. The van der Waals surface area contributed by atoms with Crippen LogP contribution in [-0.2, 0) is 6.42 Å². The molecule has 0 saturated carbocycles. The summed E-state index contributed by atoms with van der Waals surface area (Å²) >= 11 is 0. The van der Waals surface area contributed by atoms with Crippen molar-refractivity contribution in [3.63, 3.8) is 0 Å². The van der Waals surface area contributed by atoms with Crippen LogP contribution in [0.2, 0.25) is 0 Å². The number of pyridine rings is 1. The van der Waals surface area contributed by atoms with E-state index in [4.69, 9.17) is 10.2 Å². The van der Waals surface area contributed by atoms with E-state index < -0.39 is 0 Å². The van der Waals surface area contributed by atoms with Crippen LogP contribution in [0.4, 0.5) is 0 Å². The Labute approximate surface area is 88.2 Å². The van der Waals surface area contributed by atoms with Gasteiger partial charge >= 0.3 is 0 Å². The Morgan fingerprint density at radius 1 is 1.40 bits per heavy atom. The average Bonchev–Trinajstić information content (AvgIpc) is 2.65. The maximum atomic E-state index is 5.48. The lowest BCUT2D eigenvalue weighted by Gasteiger charge is -2.01. The summed E-state index contributed by atoms with van der Waals surface area (Å²) in [6.07, 6.45) is 4.00. The molecule has 15 heavy (non-hydrogen) atoms. The summed E-state index contributed by atoms with van der Waals surface area (Å²) in [4.78, 5) is 8.28. The van der Waals surface area contributed by atoms with Crippen molar-refractivity contribution < 1.29 is 4.42 Å². The minimum absolute atomic E-state index is 0.603. The number of hydrogen-bond donors (Lipinski definition) is 1. The zero-order chi connectivity index (χ0) is 10.7. The van der Waals surface area contributed by atoms with Crippen molar-refractivity contribution in [2.75, 3.05) is 6.54 Å². The van der Waals surface area contributed by atoms with E-state index in [2.05, 4.69) is 9.97 Å². The molecule has 0 fully saturated rings. The van der Waals surface area contributed by atoms with E-state index in [9.17, 15) is 0 Å². The molecule has 4 heteroatoms. The predicted molar refractivity (Wildman–Crippen MR) is 57.2 cm³/mol. The molecule has 0 aliphatic heterocycles. The van der Waals surface area contributed by atoms with Gasteiger partial charge in [-0.2, -0.15) is 0 Å². The minimum atomic E-state index is 0.603. The van der Waals surface area contributed by atoms with Gasteiger partial charge in [-0.05, 0) is 25.6 Å². The van der Waals surface area contributed by atoms with Gasteiger partial charge in [0, 0.05) is 23.9 Å². The fourth-order valence-corrected chi connectivity index (χ4v) is 1.48. The van der Waals surface area contributed by atoms with Crippen molar-refractivity contribution in [2.45, 2.75) is 13.3 Å². The van der Waals surface area contributed by atoms with Crippen molar-refractivity contribution in [2.24, 2.45) is 5.73 Å². The molecule has 2 aromatic heterocycles. The number of aromatic nitrogens is 2. The molecular weight excluding hydrogens is 190 g/mol. The van der Waals surface area contributed by atoms with Gasteiger partial charge in [0.1, 0.15) is 0 Å². The summed E-state index contributed by atoms with van der Waals surface area (Å²) in [5, 5.41) is 0. The average molecular weight is 203 g/mol. The maximum Gasteiger partial charge on any atom is 0.181 e. The smallest absolute Gasteiger partial charge is 0.181 e. The molecule has 0 aromatic carbocycles. The second-order valence-electron chi connectivity index (χ2n) is 3.34. The highest BCUT2D eigenvalue weighted by Crippen LogP contribution is 2.22. The standard InChI is InChI=1S/C11H13N3O/c1-8-11(15-7-14-8)9-3-5-13-10(6-9)2-4-12/h3,5-7H,2,4,12H2,1H3. The van der Waals surface area contributed by atoms with E-state index in [1.165, 1.54) is 6.39 Å². The molecule has 2 heterocycles. The minimum Gasteiger partial charge on any atom is -0.443 e. The Bertz CT molecular complexity index is 451. The summed E-state index contributed by atoms with van der Waals surface area (Å²) in [5.74, 6) is 0.802. The molecule has 2 aromatic rings. The molecule has 0 atom stereocenters. The Kier molecular flexibility index (Phi) is 2.78. The van der Waals surface area contributed by atoms with Gasteiger partial charge in [-0.3, -0.25) is 4.98 Å². The highest BCUT2D eigenvalue weighted by Gasteiger charge is 2.07. The lowest BCUT2D eigenvalue weighted by Crippen LogP contribution is -2.04. The zero-order valence-corrected chi connectivity index (χ0v) is 8.60. The summed E-state index contributed by atoms with van der Waals surface area (Å²) in [6.45, 7) is 2.52. The molecule has 0 unspecified atom stereocenters. The van der Waals surface area contributed by atoms with E-state index in [0.717, 1.165) is 29.1 Å². The van der Waals surface area contributed by atoms with Crippen LogP contribution < -0.4 is 5.73 Å². The van der Waals surface area contributed by atoms with Crippen LogP contribution in [0.1, 0.15) is 11.4 Å². The van der Waals surface area contributed by atoms with Gasteiger partial charge in [0.25, 0.3) is 0 Å².